The Kier molecular flexibility index (Phi) is 11.6. The lowest BCUT2D eigenvalue weighted by Gasteiger charge is -2.33. The first-order chi connectivity index (χ1) is 19.0. The van der Waals surface area contributed by atoms with Gasteiger partial charge in [0.1, 0.15) is 24.0 Å². The predicted molar refractivity (Wildman–Crippen MR) is 152 cm³/mol. The molecule has 2 aromatic rings. The van der Waals surface area contributed by atoms with Gasteiger partial charge >= 0.3 is 11.9 Å². The van der Waals surface area contributed by atoms with E-state index in [1.165, 1.54) is 32.1 Å². The Hall–Kier alpha value is -4.26. The molecule has 1 heterocycles. The van der Waals surface area contributed by atoms with E-state index in [0.717, 1.165) is 4.68 Å². The van der Waals surface area contributed by atoms with Crippen LogP contribution in [0.5, 0.6) is 0 Å². The molecular weight excluding hydrogens is 556 g/mol. The number of carbonyl (C=O) groups excluding carboxylic acids is 4. The Labute approximate surface area is 243 Å². The zero-order valence-corrected chi connectivity index (χ0v) is 24.2. The van der Waals surface area contributed by atoms with Crippen molar-refractivity contribution in [2.24, 2.45) is 11.7 Å². The lowest BCUT2D eigenvalue weighted by molar-refractivity contribution is -0.146. The van der Waals surface area contributed by atoms with E-state index >= 15 is 0 Å². The number of carbonyl (C=O) groups is 4. The van der Waals surface area contributed by atoms with Crippen LogP contribution in [0.4, 0.5) is 0 Å². The standard InChI is InChI=1S/C27H34N6O7.ClH/c1-15(26(37)39-3)30-22(34)14-33-25(36)20(13-21(31-33)16-5-7-17(8-6-16)23(28)29)24(35)32(2)19-11-9-18(10-12-19)27(38)40-4;/h5-8,13,15,18-19H,9-12,14H2,1-4H3,(H3,28,29)(H,30,34);1H. The first-order valence-electron chi connectivity index (χ1n) is 12.8. The van der Waals surface area contributed by atoms with Crippen LogP contribution in [-0.2, 0) is 30.4 Å². The number of esters is 2. The molecule has 1 aromatic carbocycles. The number of amidine groups is 1. The van der Waals surface area contributed by atoms with Crippen LogP contribution in [0.15, 0.2) is 35.1 Å². The molecule has 222 valence electrons. The van der Waals surface area contributed by atoms with Crippen LogP contribution in [0.25, 0.3) is 11.3 Å². The summed E-state index contributed by atoms with van der Waals surface area (Å²) in [6.07, 6.45) is 2.24. The normalized spacial score (nSPS) is 16.9. The van der Waals surface area contributed by atoms with Gasteiger partial charge in [-0.05, 0) is 38.7 Å². The van der Waals surface area contributed by atoms with E-state index in [1.807, 2.05) is 0 Å². The maximum absolute atomic E-state index is 13.6. The minimum absolute atomic E-state index is 0. The molecule has 41 heavy (non-hydrogen) atoms. The smallest absolute Gasteiger partial charge is 0.328 e. The van der Waals surface area contributed by atoms with Gasteiger partial charge in [0.15, 0.2) is 0 Å². The fraction of sp³-hybridized carbons (Fsp3) is 0.444. The van der Waals surface area contributed by atoms with Crippen molar-refractivity contribution in [3.8, 4) is 11.3 Å². The molecule has 0 radical (unpaired) electrons. The number of rotatable bonds is 9. The van der Waals surface area contributed by atoms with E-state index in [2.05, 4.69) is 15.2 Å². The average molecular weight is 591 g/mol. The molecule has 1 saturated carbocycles. The van der Waals surface area contributed by atoms with Gasteiger partial charge < -0.3 is 25.4 Å². The van der Waals surface area contributed by atoms with Crippen LogP contribution >= 0.6 is 12.4 Å². The van der Waals surface area contributed by atoms with Crippen molar-refractivity contribution in [3.05, 3.63) is 51.8 Å². The van der Waals surface area contributed by atoms with Gasteiger partial charge in [0.2, 0.25) is 5.91 Å². The summed E-state index contributed by atoms with van der Waals surface area (Å²) in [6.45, 7) is 0.888. The molecule has 2 amide bonds. The van der Waals surface area contributed by atoms with Gasteiger partial charge in [-0.1, -0.05) is 24.3 Å². The molecule has 13 nitrogen and oxygen atoms in total. The SMILES string of the molecule is COC(=O)C1CCC(N(C)C(=O)c2cc(-c3ccc(C(=N)N)cc3)nn(CC(=O)NC(C)C(=O)OC)c2=O)CC1.Cl. The number of hydrogen-bond acceptors (Lipinski definition) is 9. The number of nitrogen functional groups attached to an aromatic ring is 1. The first-order valence-corrected chi connectivity index (χ1v) is 12.8. The molecule has 0 bridgehead atoms. The summed E-state index contributed by atoms with van der Waals surface area (Å²) >= 11 is 0. The summed E-state index contributed by atoms with van der Waals surface area (Å²) in [5, 5.41) is 14.3. The minimum atomic E-state index is -0.956. The zero-order chi connectivity index (χ0) is 29.6. The van der Waals surface area contributed by atoms with Gasteiger partial charge in [-0.15, -0.1) is 12.4 Å². The molecular formula is C27H35ClN6O7. The highest BCUT2D eigenvalue weighted by atomic mass is 35.5. The maximum Gasteiger partial charge on any atom is 0.328 e. The van der Waals surface area contributed by atoms with Gasteiger partial charge in [0.25, 0.3) is 11.5 Å². The van der Waals surface area contributed by atoms with Gasteiger partial charge in [0.05, 0.1) is 25.8 Å². The fourth-order valence-electron chi connectivity index (χ4n) is 4.64. The molecule has 14 heteroatoms. The number of halogens is 1. The van der Waals surface area contributed by atoms with Gasteiger partial charge in [-0.3, -0.25) is 24.6 Å². The summed E-state index contributed by atoms with van der Waals surface area (Å²) < 4.78 is 10.3. The number of benzene rings is 1. The topological polar surface area (TPSA) is 187 Å². The third-order valence-electron chi connectivity index (χ3n) is 7.02. The molecule has 1 aliphatic rings. The van der Waals surface area contributed by atoms with Crippen molar-refractivity contribution in [2.75, 3.05) is 21.3 Å². The molecule has 1 aromatic heterocycles. The molecule has 4 N–H and O–H groups in total. The molecule has 0 saturated heterocycles. The molecule has 0 spiro atoms. The van der Waals surface area contributed by atoms with E-state index in [1.54, 1.807) is 31.3 Å². The fourth-order valence-corrected chi connectivity index (χ4v) is 4.64. The second-order valence-corrected chi connectivity index (χ2v) is 9.65. The molecule has 1 fully saturated rings. The third-order valence-corrected chi connectivity index (χ3v) is 7.02. The summed E-state index contributed by atoms with van der Waals surface area (Å²) in [5.41, 5.74) is 5.83. The van der Waals surface area contributed by atoms with Gasteiger partial charge in [-0.25, -0.2) is 9.48 Å². The van der Waals surface area contributed by atoms with Crippen LogP contribution in [-0.4, -0.2) is 77.6 Å². The minimum Gasteiger partial charge on any atom is -0.469 e. The van der Waals surface area contributed by atoms with E-state index in [-0.39, 0.29) is 47.4 Å². The van der Waals surface area contributed by atoms with Crippen molar-refractivity contribution < 1.29 is 28.7 Å². The largest absolute Gasteiger partial charge is 0.469 e. The molecule has 0 aliphatic heterocycles. The Bertz CT molecular complexity index is 1350. The Balaban J connectivity index is 0.00000588. The predicted octanol–water partition coefficient (Wildman–Crippen LogP) is 1.10. The van der Waals surface area contributed by atoms with Gasteiger partial charge in [-0.2, -0.15) is 5.10 Å². The molecule has 1 unspecified atom stereocenters. The van der Waals surface area contributed by atoms with Crippen molar-refractivity contribution in [1.29, 1.82) is 5.41 Å². The van der Waals surface area contributed by atoms with Crippen LogP contribution in [0.2, 0.25) is 0 Å². The van der Waals surface area contributed by atoms with E-state index in [0.29, 0.717) is 36.8 Å². The van der Waals surface area contributed by atoms with Crippen LogP contribution in [0.3, 0.4) is 0 Å². The third kappa shape index (κ3) is 7.91. The quantitative estimate of drug-likeness (QED) is 0.218. The Morgan fingerprint density at radius 1 is 1.12 bits per heavy atom. The number of amides is 2. The average Bonchev–Trinajstić information content (AvgIpc) is 2.96. The molecule has 3 rings (SSSR count). The van der Waals surface area contributed by atoms with E-state index < -0.39 is 35.9 Å². The van der Waals surface area contributed by atoms with Crippen molar-refractivity contribution >= 4 is 42.0 Å². The highest BCUT2D eigenvalue weighted by molar-refractivity contribution is 5.96. The second-order valence-electron chi connectivity index (χ2n) is 9.65. The number of nitrogens with zero attached hydrogens (tertiary/aromatic N) is 3. The number of nitrogens with one attached hydrogen (secondary N) is 2. The number of aromatic nitrogens is 2. The monoisotopic (exact) mass is 590 g/mol. The summed E-state index contributed by atoms with van der Waals surface area (Å²) in [4.78, 5) is 64.7. The number of methoxy groups -OCH3 is 2. The van der Waals surface area contributed by atoms with E-state index in [9.17, 15) is 24.0 Å². The first kappa shape index (κ1) is 32.9. The lowest BCUT2D eigenvalue weighted by Crippen LogP contribution is -2.45. The number of ether oxygens (including phenoxy) is 2. The molecule has 1 atom stereocenters. The summed E-state index contributed by atoms with van der Waals surface area (Å²) in [7, 11) is 4.14. The van der Waals surface area contributed by atoms with Crippen molar-refractivity contribution in [1.82, 2.24) is 20.0 Å². The Morgan fingerprint density at radius 2 is 1.73 bits per heavy atom. The van der Waals surface area contributed by atoms with Crippen LogP contribution in [0, 0.1) is 11.3 Å². The van der Waals surface area contributed by atoms with Crippen molar-refractivity contribution in [2.45, 2.75) is 51.2 Å². The summed E-state index contributed by atoms with van der Waals surface area (Å²) in [6, 6.07) is 6.70. The molecule has 1 aliphatic carbocycles. The van der Waals surface area contributed by atoms with Crippen LogP contribution in [0.1, 0.15) is 48.5 Å². The number of hydrogen-bond donors (Lipinski definition) is 3. The summed E-state index contributed by atoms with van der Waals surface area (Å²) in [5.74, 6) is -2.51. The lowest BCUT2D eigenvalue weighted by atomic mass is 9.85. The van der Waals surface area contributed by atoms with Gasteiger partial charge in [0, 0.05) is 24.2 Å². The second kappa shape index (κ2) is 14.4. The van der Waals surface area contributed by atoms with E-state index in [4.69, 9.17) is 15.9 Å². The Morgan fingerprint density at radius 3 is 2.27 bits per heavy atom. The van der Waals surface area contributed by atoms with Crippen LogP contribution < -0.4 is 16.6 Å². The number of nitrogens with two attached hydrogens (primary N) is 1. The highest BCUT2D eigenvalue weighted by Gasteiger charge is 2.32. The zero-order valence-electron chi connectivity index (χ0n) is 23.3. The van der Waals surface area contributed by atoms with Crippen molar-refractivity contribution in [3.63, 3.8) is 0 Å². The highest BCUT2D eigenvalue weighted by Crippen LogP contribution is 2.28. The maximum atomic E-state index is 13.6.